The topological polar surface area (TPSA) is 40.5 Å². The van der Waals surface area contributed by atoms with E-state index in [0.29, 0.717) is 0 Å². The summed E-state index contributed by atoms with van der Waals surface area (Å²) in [7, 11) is 0. The van der Waals surface area contributed by atoms with Gasteiger partial charge >= 0.3 is 12.1 Å². The van der Waals surface area contributed by atoms with Crippen molar-refractivity contribution in [2.45, 2.75) is 19.6 Å². The highest BCUT2D eigenvalue weighted by molar-refractivity contribution is 5.87. The van der Waals surface area contributed by atoms with Gasteiger partial charge in [0.25, 0.3) is 0 Å². The monoisotopic (exact) mass is 279 g/mol. The van der Waals surface area contributed by atoms with Crippen molar-refractivity contribution in [1.82, 2.24) is 4.90 Å². The highest BCUT2D eigenvalue weighted by Crippen LogP contribution is 2.19. The summed E-state index contributed by atoms with van der Waals surface area (Å²) in [6, 6.07) is 3.03. The molecule has 0 fully saturated rings. The van der Waals surface area contributed by atoms with E-state index >= 15 is 0 Å². The van der Waals surface area contributed by atoms with Crippen molar-refractivity contribution in [3.05, 3.63) is 35.1 Å². The molecule has 0 saturated heterocycles. The molecule has 0 saturated carbocycles. The fourth-order valence-electron chi connectivity index (χ4n) is 1.66. The molecule has 0 aromatic heterocycles. The third kappa shape index (κ3) is 5.25. The van der Waals surface area contributed by atoms with Crippen molar-refractivity contribution in [2.75, 3.05) is 13.1 Å². The number of rotatable bonds is 5. The largest absolute Gasteiger partial charge is 0.478 e. The Bertz CT molecular complexity index is 460. The predicted molar refractivity (Wildman–Crippen MR) is 60.4 cm³/mol. The zero-order valence-electron chi connectivity index (χ0n) is 10.2. The molecular weight excluding hydrogens is 266 g/mol. The average molecular weight is 279 g/mol. The third-order valence-corrected chi connectivity index (χ3v) is 2.46. The van der Waals surface area contributed by atoms with Crippen LogP contribution in [-0.4, -0.2) is 35.2 Å². The van der Waals surface area contributed by atoms with Crippen molar-refractivity contribution in [3.63, 3.8) is 0 Å². The molecule has 0 heterocycles. The second-order valence-corrected chi connectivity index (χ2v) is 4.07. The molecule has 0 bridgehead atoms. The zero-order valence-corrected chi connectivity index (χ0v) is 10.2. The van der Waals surface area contributed by atoms with Gasteiger partial charge in [0.1, 0.15) is 5.82 Å². The van der Waals surface area contributed by atoms with Gasteiger partial charge in [0.05, 0.1) is 12.1 Å². The van der Waals surface area contributed by atoms with Gasteiger partial charge < -0.3 is 5.11 Å². The molecule has 1 aromatic rings. The van der Waals surface area contributed by atoms with Crippen LogP contribution in [0.2, 0.25) is 0 Å². The second kappa shape index (κ2) is 6.01. The Labute approximate surface area is 107 Å². The smallest absolute Gasteiger partial charge is 0.401 e. The van der Waals surface area contributed by atoms with Crippen LogP contribution in [0.15, 0.2) is 18.2 Å². The molecule has 0 aliphatic carbocycles. The van der Waals surface area contributed by atoms with Crippen molar-refractivity contribution >= 4 is 5.97 Å². The van der Waals surface area contributed by atoms with Gasteiger partial charge in [-0.1, -0.05) is 6.92 Å². The van der Waals surface area contributed by atoms with Crippen LogP contribution in [0.3, 0.4) is 0 Å². The van der Waals surface area contributed by atoms with E-state index in [0.717, 1.165) is 17.0 Å². The van der Waals surface area contributed by atoms with E-state index in [1.165, 1.54) is 6.07 Å². The number of nitrogens with zero attached hydrogens (tertiary/aromatic N) is 1. The van der Waals surface area contributed by atoms with Gasteiger partial charge in [-0.25, -0.2) is 9.18 Å². The standard InChI is InChI=1S/C12H13F4NO2/c1-2-17(7-12(14,15)16)6-8-3-9(11(18)19)5-10(13)4-8/h3-5H,2,6-7H2,1H3,(H,18,19). The van der Waals surface area contributed by atoms with Crippen LogP contribution in [-0.2, 0) is 6.54 Å². The fraction of sp³-hybridized carbons (Fsp3) is 0.417. The zero-order chi connectivity index (χ0) is 14.6. The second-order valence-electron chi connectivity index (χ2n) is 4.07. The Balaban J connectivity index is 2.88. The molecule has 0 radical (unpaired) electrons. The Hall–Kier alpha value is -1.63. The van der Waals surface area contributed by atoms with E-state index in [4.69, 9.17) is 5.11 Å². The molecule has 0 spiro atoms. The van der Waals surface area contributed by atoms with Gasteiger partial charge in [0.15, 0.2) is 0 Å². The van der Waals surface area contributed by atoms with Crippen LogP contribution < -0.4 is 0 Å². The molecule has 106 valence electrons. The highest BCUT2D eigenvalue weighted by Gasteiger charge is 2.30. The maximum atomic E-state index is 13.2. The summed E-state index contributed by atoms with van der Waals surface area (Å²) in [6.45, 7) is 0.387. The van der Waals surface area contributed by atoms with Crippen molar-refractivity contribution in [2.24, 2.45) is 0 Å². The van der Waals surface area contributed by atoms with Gasteiger partial charge in [0, 0.05) is 6.54 Å². The number of benzene rings is 1. The third-order valence-electron chi connectivity index (χ3n) is 2.46. The first-order chi connectivity index (χ1) is 8.71. The molecule has 0 atom stereocenters. The molecule has 0 aliphatic rings. The first-order valence-electron chi connectivity index (χ1n) is 5.53. The van der Waals surface area contributed by atoms with Crippen molar-refractivity contribution in [3.8, 4) is 0 Å². The van der Waals surface area contributed by atoms with E-state index < -0.39 is 24.5 Å². The lowest BCUT2D eigenvalue weighted by molar-refractivity contribution is -0.146. The minimum atomic E-state index is -4.35. The van der Waals surface area contributed by atoms with Gasteiger partial charge in [-0.05, 0) is 30.3 Å². The number of halogens is 4. The minimum Gasteiger partial charge on any atom is -0.478 e. The lowest BCUT2D eigenvalue weighted by atomic mass is 10.1. The normalized spacial score (nSPS) is 11.9. The van der Waals surface area contributed by atoms with Gasteiger partial charge in [-0.3, -0.25) is 4.90 Å². The lowest BCUT2D eigenvalue weighted by Crippen LogP contribution is -2.33. The Morgan fingerprint density at radius 3 is 2.42 bits per heavy atom. The summed E-state index contributed by atoms with van der Waals surface area (Å²) in [6.07, 6.45) is -4.35. The summed E-state index contributed by atoms with van der Waals surface area (Å²) in [5, 5.41) is 8.75. The maximum absolute atomic E-state index is 13.2. The summed E-state index contributed by atoms with van der Waals surface area (Å²) in [5.74, 6) is -2.10. The highest BCUT2D eigenvalue weighted by atomic mass is 19.4. The van der Waals surface area contributed by atoms with Gasteiger partial charge in [-0.15, -0.1) is 0 Å². The SMILES string of the molecule is CCN(Cc1cc(F)cc(C(=O)O)c1)CC(F)(F)F. The van der Waals surface area contributed by atoms with Crippen LogP contribution in [0.5, 0.6) is 0 Å². The first-order valence-corrected chi connectivity index (χ1v) is 5.53. The van der Waals surface area contributed by atoms with Crippen molar-refractivity contribution in [1.29, 1.82) is 0 Å². The number of aromatic carboxylic acids is 1. The first kappa shape index (κ1) is 15.4. The summed E-state index contributed by atoms with van der Waals surface area (Å²) in [5.41, 5.74) is -0.0819. The Morgan fingerprint density at radius 2 is 1.95 bits per heavy atom. The van der Waals surface area contributed by atoms with E-state index in [-0.39, 0.29) is 24.2 Å². The molecule has 0 amide bonds. The summed E-state index contributed by atoms with van der Waals surface area (Å²) >= 11 is 0. The number of carboxylic acid groups (broad SMARTS) is 1. The van der Waals surface area contributed by atoms with Crippen LogP contribution >= 0.6 is 0 Å². The van der Waals surface area contributed by atoms with Gasteiger partial charge in [0.2, 0.25) is 0 Å². The molecular formula is C12H13F4NO2. The minimum absolute atomic E-state index is 0.123. The maximum Gasteiger partial charge on any atom is 0.401 e. The van der Waals surface area contributed by atoms with E-state index in [9.17, 15) is 22.4 Å². The van der Waals surface area contributed by atoms with Gasteiger partial charge in [-0.2, -0.15) is 13.2 Å². The van der Waals surface area contributed by atoms with Crippen LogP contribution in [0.4, 0.5) is 17.6 Å². The number of hydrogen-bond acceptors (Lipinski definition) is 2. The van der Waals surface area contributed by atoms with E-state index in [1.807, 2.05) is 0 Å². The number of alkyl halides is 3. The molecule has 19 heavy (non-hydrogen) atoms. The predicted octanol–water partition coefficient (Wildman–Crippen LogP) is 2.91. The number of carbonyl (C=O) groups is 1. The number of carboxylic acids is 1. The Morgan fingerprint density at radius 1 is 1.32 bits per heavy atom. The van der Waals surface area contributed by atoms with E-state index in [2.05, 4.69) is 0 Å². The average Bonchev–Trinajstić information content (AvgIpc) is 2.25. The van der Waals surface area contributed by atoms with Crippen LogP contribution in [0, 0.1) is 5.82 Å². The van der Waals surface area contributed by atoms with Crippen molar-refractivity contribution < 1.29 is 27.5 Å². The van der Waals surface area contributed by atoms with E-state index in [1.54, 1.807) is 6.92 Å². The molecule has 1 aromatic carbocycles. The number of hydrogen-bond donors (Lipinski definition) is 1. The molecule has 0 aliphatic heterocycles. The molecule has 3 nitrogen and oxygen atoms in total. The lowest BCUT2D eigenvalue weighted by Gasteiger charge is -2.22. The quantitative estimate of drug-likeness (QED) is 0.842. The molecule has 1 rings (SSSR count). The summed E-state index contributed by atoms with van der Waals surface area (Å²) < 4.78 is 50.0. The molecule has 7 heteroatoms. The summed E-state index contributed by atoms with van der Waals surface area (Å²) in [4.78, 5) is 11.8. The fourth-order valence-corrected chi connectivity index (χ4v) is 1.66. The molecule has 1 N–H and O–H groups in total. The van der Waals surface area contributed by atoms with Crippen LogP contribution in [0.25, 0.3) is 0 Å². The Kier molecular flexibility index (Phi) is 4.88. The van der Waals surface area contributed by atoms with Crippen LogP contribution in [0.1, 0.15) is 22.8 Å². The molecule has 0 unspecified atom stereocenters.